The van der Waals surface area contributed by atoms with E-state index in [9.17, 15) is 9.18 Å². The minimum absolute atomic E-state index is 0.0775. The van der Waals surface area contributed by atoms with Crippen molar-refractivity contribution in [3.63, 3.8) is 0 Å². The number of likely N-dealkylation sites (N-methyl/N-ethyl adjacent to an activating group) is 1. The maximum atomic E-state index is 12.8. The summed E-state index contributed by atoms with van der Waals surface area (Å²) in [7, 11) is 0. The van der Waals surface area contributed by atoms with Gasteiger partial charge < -0.3 is 5.32 Å². The second-order valence-corrected chi connectivity index (χ2v) is 3.15. The zero-order valence-corrected chi connectivity index (χ0v) is 8.38. The molecule has 0 radical (unpaired) electrons. The van der Waals surface area contributed by atoms with Crippen LogP contribution in [0.2, 0.25) is 0 Å². The molecule has 1 N–H and O–H groups in total. The van der Waals surface area contributed by atoms with E-state index in [1.54, 1.807) is 19.1 Å². The van der Waals surface area contributed by atoms with Gasteiger partial charge in [-0.25, -0.2) is 4.39 Å². The lowest BCUT2D eigenvalue weighted by Gasteiger charge is -2.10. The normalized spacial score (nSPS) is 12.5. The predicted octanol–water partition coefficient (Wildman–Crippen LogP) is 2.01. The zero-order valence-electron chi connectivity index (χ0n) is 8.38. The molecule has 1 unspecified atom stereocenters. The Hall–Kier alpha value is -1.22. The molecule has 0 aliphatic carbocycles. The second-order valence-electron chi connectivity index (χ2n) is 3.15. The van der Waals surface area contributed by atoms with Crippen LogP contribution in [-0.2, 0) is 0 Å². The van der Waals surface area contributed by atoms with Crippen molar-refractivity contribution in [3.05, 3.63) is 35.6 Å². The fourth-order valence-electron chi connectivity index (χ4n) is 1.29. The van der Waals surface area contributed by atoms with Crippen LogP contribution in [0.3, 0.4) is 0 Å². The van der Waals surface area contributed by atoms with Gasteiger partial charge in [-0.2, -0.15) is 0 Å². The summed E-state index contributed by atoms with van der Waals surface area (Å²) in [6, 6.07) is 5.49. The third-order valence-corrected chi connectivity index (χ3v) is 2.01. The molecular formula is C11H14FNO. The van der Waals surface area contributed by atoms with Gasteiger partial charge in [-0.3, -0.25) is 4.79 Å². The molecule has 1 rings (SSSR count). The topological polar surface area (TPSA) is 29.1 Å². The molecule has 1 atom stereocenters. The number of rotatable bonds is 4. The number of benzene rings is 1. The number of halogens is 1. The van der Waals surface area contributed by atoms with Gasteiger partial charge in [0.15, 0.2) is 5.78 Å². The Labute approximate surface area is 83.1 Å². The van der Waals surface area contributed by atoms with Crippen molar-refractivity contribution >= 4 is 5.78 Å². The van der Waals surface area contributed by atoms with Crippen molar-refractivity contribution in [2.45, 2.75) is 19.9 Å². The van der Waals surface area contributed by atoms with Gasteiger partial charge in [0.05, 0.1) is 6.04 Å². The van der Waals surface area contributed by atoms with Crippen molar-refractivity contribution < 1.29 is 9.18 Å². The summed E-state index contributed by atoms with van der Waals surface area (Å²) in [6.45, 7) is 4.42. The Kier molecular flexibility index (Phi) is 3.77. The Bertz CT molecular complexity index is 325. The van der Waals surface area contributed by atoms with E-state index in [1.807, 2.05) is 6.92 Å². The van der Waals surface area contributed by atoms with E-state index in [4.69, 9.17) is 0 Å². The lowest BCUT2D eigenvalue weighted by atomic mass is 10.1. The molecule has 1 aromatic rings. The summed E-state index contributed by atoms with van der Waals surface area (Å²) in [5.74, 6) is -0.453. The molecular weight excluding hydrogens is 181 g/mol. The van der Waals surface area contributed by atoms with E-state index in [2.05, 4.69) is 5.32 Å². The smallest absolute Gasteiger partial charge is 0.179 e. The molecule has 0 aliphatic rings. The number of carbonyl (C=O) groups excluding carboxylic acids is 1. The molecule has 1 aromatic carbocycles. The Balaban J connectivity index is 2.78. The molecule has 76 valence electrons. The van der Waals surface area contributed by atoms with Crippen LogP contribution < -0.4 is 5.32 Å². The first-order chi connectivity index (χ1) is 6.65. The maximum Gasteiger partial charge on any atom is 0.179 e. The molecule has 0 aliphatic heterocycles. The van der Waals surface area contributed by atoms with E-state index in [-0.39, 0.29) is 17.6 Å². The first kappa shape index (κ1) is 10.9. The molecule has 0 saturated heterocycles. The summed E-state index contributed by atoms with van der Waals surface area (Å²) in [6.07, 6.45) is 0. The number of hydrogen-bond donors (Lipinski definition) is 1. The summed E-state index contributed by atoms with van der Waals surface area (Å²) < 4.78 is 12.8. The Morgan fingerprint density at radius 2 is 2.29 bits per heavy atom. The highest BCUT2D eigenvalue weighted by atomic mass is 19.1. The molecule has 0 spiro atoms. The van der Waals surface area contributed by atoms with Crippen molar-refractivity contribution in [3.8, 4) is 0 Å². The van der Waals surface area contributed by atoms with Crippen LogP contribution in [0.15, 0.2) is 24.3 Å². The summed E-state index contributed by atoms with van der Waals surface area (Å²) >= 11 is 0. The van der Waals surface area contributed by atoms with Crippen molar-refractivity contribution in [1.29, 1.82) is 0 Å². The molecule has 0 fully saturated rings. The highest BCUT2D eigenvalue weighted by molar-refractivity contribution is 5.99. The van der Waals surface area contributed by atoms with E-state index in [0.29, 0.717) is 5.56 Å². The highest BCUT2D eigenvalue weighted by Crippen LogP contribution is 2.06. The minimum atomic E-state index is -0.375. The van der Waals surface area contributed by atoms with Gasteiger partial charge in [0.25, 0.3) is 0 Å². The summed E-state index contributed by atoms with van der Waals surface area (Å²) in [5, 5.41) is 2.99. The molecule has 3 heteroatoms. The van der Waals surface area contributed by atoms with Crippen LogP contribution in [0, 0.1) is 5.82 Å². The first-order valence-electron chi connectivity index (χ1n) is 4.68. The monoisotopic (exact) mass is 195 g/mol. The van der Waals surface area contributed by atoms with Crippen LogP contribution in [0.4, 0.5) is 4.39 Å². The number of Topliss-reactive ketones (excluding diaryl/α,β-unsaturated/α-hetero) is 1. The minimum Gasteiger partial charge on any atom is -0.308 e. The van der Waals surface area contributed by atoms with Crippen LogP contribution in [0.5, 0.6) is 0 Å². The average Bonchev–Trinajstić information content (AvgIpc) is 2.17. The number of ketones is 1. The number of carbonyl (C=O) groups is 1. The molecule has 0 aromatic heterocycles. The molecule has 0 bridgehead atoms. The van der Waals surface area contributed by atoms with Crippen LogP contribution in [-0.4, -0.2) is 18.4 Å². The average molecular weight is 195 g/mol. The molecule has 0 heterocycles. The van der Waals surface area contributed by atoms with Gasteiger partial charge in [0.2, 0.25) is 0 Å². The quantitative estimate of drug-likeness (QED) is 0.744. The Morgan fingerprint density at radius 1 is 1.57 bits per heavy atom. The zero-order chi connectivity index (χ0) is 10.6. The van der Waals surface area contributed by atoms with Crippen molar-refractivity contribution in [2.24, 2.45) is 0 Å². The fourth-order valence-corrected chi connectivity index (χ4v) is 1.29. The van der Waals surface area contributed by atoms with Crippen LogP contribution in [0.1, 0.15) is 24.2 Å². The molecule has 0 saturated carbocycles. The van der Waals surface area contributed by atoms with E-state index < -0.39 is 0 Å². The fraction of sp³-hybridized carbons (Fsp3) is 0.364. The van der Waals surface area contributed by atoms with Crippen molar-refractivity contribution in [2.75, 3.05) is 6.54 Å². The summed E-state index contributed by atoms with van der Waals surface area (Å²) in [4.78, 5) is 11.7. The van der Waals surface area contributed by atoms with Gasteiger partial charge >= 0.3 is 0 Å². The standard InChI is InChI=1S/C11H14FNO/c1-3-13-8(2)11(14)9-5-4-6-10(12)7-9/h4-8,13H,3H2,1-2H3. The van der Waals surface area contributed by atoms with Crippen molar-refractivity contribution in [1.82, 2.24) is 5.32 Å². The largest absolute Gasteiger partial charge is 0.308 e. The molecule has 2 nitrogen and oxygen atoms in total. The van der Waals surface area contributed by atoms with Gasteiger partial charge in [-0.15, -0.1) is 0 Å². The number of nitrogens with one attached hydrogen (secondary N) is 1. The second kappa shape index (κ2) is 4.86. The van der Waals surface area contributed by atoms with Gasteiger partial charge in [0.1, 0.15) is 5.82 Å². The molecule has 0 amide bonds. The predicted molar refractivity (Wildman–Crippen MR) is 53.9 cm³/mol. The first-order valence-corrected chi connectivity index (χ1v) is 4.68. The summed E-state index contributed by atoms with van der Waals surface area (Å²) in [5.41, 5.74) is 0.415. The van der Waals surface area contributed by atoms with E-state index in [0.717, 1.165) is 6.54 Å². The third-order valence-electron chi connectivity index (χ3n) is 2.01. The lowest BCUT2D eigenvalue weighted by molar-refractivity contribution is 0.0951. The third kappa shape index (κ3) is 2.64. The van der Waals surface area contributed by atoms with Gasteiger partial charge in [-0.05, 0) is 25.6 Å². The van der Waals surface area contributed by atoms with Crippen LogP contribution >= 0.6 is 0 Å². The molecule has 14 heavy (non-hydrogen) atoms. The lowest BCUT2D eigenvalue weighted by Crippen LogP contribution is -2.33. The number of hydrogen-bond acceptors (Lipinski definition) is 2. The maximum absolute atomic E-state index is 12.8. The van der Waals surface area contributed by atoms with Crippen LogP contribution in [0.25, 0.3) is 0 Å². The Morgan fingerprint density at radius 3 is 2.86 bits per heavy atom. The van der Waals surface area contributed by atoms with Gasteiger partial charge in [0, 0.05) is 5.56 Å². The highest BCUT2D eigenvalue weighted by Gasteiger charge is 2.13. The van der Waals surface area contributed by atoms with E-state index >= 15 is 0 Å². The SMILES string of the molecule is CCNC(C)C(=O)c1cccc(F)c1. The van der Waals surface area contributed by atoms with E-state index in [1.165, 1.54) is 12.1 Å². The van der Waals surface area contributed by atoms with Gasteiger partial charge in [-0.1, -0.05) is 19.1 Å².